The molecule has 0 fully saturated rings. The Morgan fingerprint density at radius 2 is 1.64 bits per heavy atom. The van der Waals surface area contributed by atoms with Gasteiger partial charge in [-0.3, -0.25) is 4.79 Å². The summed E-state index contributed by atoms with van der Waals surface area (Å²) in [6.45, 7) is 10.1. The van der Waals surface area contributed by atoms with Crippen molar-refractivity contribution in [1.29, 1.82) is 0 Å². The number of hydrogen-bond donors (Lipinski definition) is 1. The zero-order valence-corrected chi connectivity index (χ0v) is 16.6. The summed E-state index contributed by atoms with van der Waals surface area (Å²) in [5, 5.41) is 13.3. The van der Waals surface area contributed by atoms with E-state index in [0.717, 1.165) is 22.1 Å². The van der Waals surface area contributed by atoms with Crippen molar-refractivity contribution in [3.8, 4) is 0 Å². The molecule has 4 rings (SSSR count). The molecule has 0 unspecified atom stereocenters. The van der Waals surface area contributed by atoms with Crippen molar-refractivity contribution in [3.63, 3.8) is 0 Å². The molecule has 8 heteroatoms. The van der Waals surface area contributed by atoms with Gasteiger partial charge >= 0.3 is 0 Å². The van der Waals surface area contributed by atoms with Crippen molar-refractivity contribution in [3.05, 3.63) is 42.0 Å². The average Bonchev–Trinajstić information content (AvgIpc) is 3.24. The highest BCUT2D eigenvalue weighted by Crippen LogP contribution is 2.23. The lowest BCUT2D eigenvalue weighted by atomic mass is 10.1. The SMILES string of the molecule is Cc1cc(C(=O)Nc2cnc3c(cnn3C(C)C)c2)c2cnn(C(C)C)c2n1. The third-order valence-corrected chi connectivity index (χ3v) is 4.61. The predicted octanol–water partition coefficient (Wildman–Crippen LogP) is 3.90. The van der Waals surface area contributed by atoms with Gasteiger partial charge < -0.3 is 5.32 Å². The smallest absolute Gasteiger partial charge is 0.256 e. The van der Waals surface area contributed by atoms with Crippen LogP contribution in [0, 0.1) is 6.92 Å². The van der Waals surface area contributed by atoms with Gasteiger partial charge in [0.1, 0.15) is 0 Å². The first-order chi connectivity index (χ1) is 13.3. The number of nitrogens with zero attached hydrogens (tertiary/aromatic N) is 6. The van der Waals surface area contributed by atoms with Gasteiger partial charge in [0.15, 0.2) is 11.3 Å². The first-order valence-electron chi connectivity index (χ1n) is 9.34. The lowest BCUT2D eigenvalue weighted by molar-refractivity contribution is 0.102. The van der Waals surface area contributed by atoms with Crippen molar-refractivity contribution in [2.45, 2.75) is 46.7 Å². The Labute approximate surface area is 162 Å². The van der Waals surface area contributed by atoms with Crippen LogP contribution in [0.1, 0.15) is 55.8 Å². The molecule has 0 bridgehead atoms. The number of rotatable bonds is 4. The van der Waals surface area contributed by atoms with Gasteiger partial charge in [0.2, 0.25) is 0 Å². The van der Waals surface area contributed by atoms with E-state index >= 15 is 0 Å². The van der Waals surface area contributed by atoms with Crippen LogP contribution in [-0.2, 0) is 0 Å². The molecule has 0 atom stereocenters. The number of nitrogens with one attached hydrogen (secondary N) is 1. The van der Waals surface area contributed by atoms with Gasteiger partial charge in [0.25, 0.3) is 5.91 Å². The van der Waals surface area contributed by atoms with Gasteiger partial charge in [-0.1, -0.05) is 0 Å². The third kappa shape index (κ3) is 3.00. The second kappa shape index (κ2) is 6.70. The largest absolute Gasteiger partial charge is 0.321 e. The standard InChI is InChI=1S/C20H23N7O/c1-11(2)26-18-14(8-22-26)7-15(9-21-18)25-20(28)16-6-13(5)24-19-17(16)10-23-27(19)12(3)4/h6-12H,1-5H3,(H,25,28). The molecular weight excluding hydrogens is 354 g/mol. The summed E-state index contributed by atoms with van der Waals surface area (Å²) < 4.78 is 3.68. The molecule has 28 heavy (non-hydrogen) atoms. The summed E-state index contributed by atoms with van der Waals surface area (Å²) in [4.78, 5) is 22.0. The molecule has 0 aromatic carbocycles. The first-order valence-corrected chi connectivity index (χ1v) is 9.34. The molecule has 0 aliphatic carbocycles. The molecule has 1 amide bonds. The number of fused-ring (bicyclic) bond motifs is 2. The van der Waals surface area contributed by atoms with E-state index in [0.29, 0.717) is 16.9 Å². The van der Waals surface area contributed by atoms with Crippen LogP contribution in [0.5, 0.6) is 0 Å². The number of carbonyl (C=O) groups is 1. The minimum Gasteiger partial charge on any atom is -0.321 e. The highest BCUT2D eigenvalue weighted by atomic mass is 16.1. The number of amides is 1. The molecule has 4 aromatic rings. The zero-order chi connectivity index (χ0) is 20.0. The minimum atomic E-state index is -0.212. The number of hydrogen-bond acceptors (Lipinski definition) is 5. The Balaban J connectivity index is 1.70. The Morgan fingerprint density at radius 1 is 0.964 bits per heavy atom. The normalized spacial score (nSPS) is 11.8. The molecule has 8 nitrogen and oxygen atoms in total. The fraction of sp³-hybridized carbons (Fsp3) is 0.350. The second-order valence-electron chi connectivity index (χ2n) is 7.51. The van der Waals surface area contributed by atoms with Crippen LogP contribution in [0.3, 0.4) is 0 Å². The lowest BCUT2D eigenvalue weighted by Gasteiger charge is -2.10. The molecule has 0 saturated carbocycles. The Hall–Kier alpha value is -3.29. The Kier molecular flexibility index (Phi) is 4.33. The van der Waals surface area contributed by atoms with Gasteiger partial charge in [-0.25, -0.2) is 19.3 Å². The van der Waals surface area contributed by atoms with Crippen LogP contribution < -0.4 is 5.32 Å². The van der Waals surface area contributed by atoms with Gasteiger partial charge in [-0.2, -0.15) is 10.2 Å². The molecule has 0 radical (unpaired) electrons. The zero-order valence-electron chi connectivity index (χ0n) is 16.6. The maximum absolute atomic E-state index is 13.0. The van der Waals surface area contributed by atoms with Crippen LogP contribution >= 0.6 is 0 Å². The van der Waals surface area contributed by atoms with Crippen LogP contribution in [0.4, 0.5) is 5.69 Å². The van der Waals surface area contributed by atoms with E-state index in [9.17, 15) is 4.79 Å². The summed E-state index contributed by atoms with van der Waals surface area (Å²) in [5.41, 5.74) is 3.46. The van der Waals surface area contributed by atoms with Crippen molar-refractivity contribution in [1.82, 2.24) is 29.5 Å². The van der Waals surface area contributed by atoms with Crippen LogP contribution in [-0.4, -0.2) is 35.4 Å². The van der Waals surface area contributed by atoms with E-state index in [1.165, 1.54) is 0 Å². The van der Waals surface area contributed by atoms with Gasteiger partial charge in [-0.15, -0.1) is 0 Å². The number of aromatic nitrogens is 6. The summed E-state index contributed by atoms with van der Waals surface area (Å²) in [6, 6.07) is 4.05. The topological polar surface area (TPSA) is 90.5 Å². The average molecular weight is 377 g/mol. The molecule has 1 N–H and O–H groups in total. The molecule has 0 aliphatic heterocycles. The fourth-order valence-electron chi connectivity index (χ4n) is 3.29. The van der Waals surface area contributed by atoms with Gasteiger partial charge in [0, 0.05) is 23.2 Å². The third-order valence-electron chi connectivity index (χ3n) is 4.61. The monoisotopic (exact) mass is 377 g/mol. The quantitative estimate of drug-likeness (QED) is 0.582. The van der Waals surface area contributed by atoms with E-state index in [1.807, 2.05) is 36.2 Å². The summed E-state index contributed by atoms with van der Waals surface area (Å²) in [5.74, 6) is -0.212. The number of carbonyl (C=O) groups excluding carboxylic acids is 1. The molecule has 0 spiro atoms. The number of anilines is 1. The van der Waals surface area contributed by atoms with Crippen molar-refractivity contribution in [2.24, 2.45) is 0 Å². The van der Waals surface area contributed by atoms with E-state index in [1.54, 1.807) is 24.7 Å². The highest BCUT2D eigenvalue weighted by molar-refractivity contribution is 6.12. The van der Waals surface area contributed by atoms with E-state index in [-0.39, 0.29) is 18.0 Å². The van der Waals surface area contributed by atoms with E-state index in [2.05, 4.69) is 39.3 Å². The highest BCUT2D eigenvalue weighted by Gasteiger charge is 2.17. The van der Waals surface area contributed by atoms with E-state index in [4.69, 9.17) is 0 Å². The molecule has 4 aromatic heterocycles. The van der Waals surface area contributed by atoms with Gasteiger partial charge in [-0.05, 0) is 46.8 Å². The summed E-state index contributed by atoms with van der Waals surface area (Å²) in [7, 11) is 0. The van der Waals surface area contributed by atoms with Gasteiger partial charge in [0.05, 0.1) is 35.2 Å². The maximum Gasteiger partial charge on any atom is 0.256 e. The molecule has 0 aliphatic rings. The lowest BCUT2D eigenvalue weighted by Crippen LogP contribution is -2.14. The van der Waals surface area contributed by atoms with Crippen molar-refractivity contribution < 1.29 is 4.79 Å². The summed E-state index contributed by atoms with van der Waals surface area (Å²) >= 11 is 0. The van der Waals surface area contributed by atoms with Crippen LogP contribution in [0.2, 0.25) is 0 Å². The first kappa shape index (κ1) is 18.1. The minimum absolute atomic E-state index is 0.159. The Bertz CT molecular complexity index is 1190. The van der Waals surface area contributed by atoms with Crippen LogP contribution in [0.15, 0.2) is 30.7 Å². The molecule has 4 heterocycles. The maximum atomic E-state index is 13.0. The second-order valence-corrected chi connectivity index (χ2v) is 7.51. The van der Waals surface area contributed by atoms with Crippen molar-refractivity contribution in [2.75, 3.05) is 5.32 Å². The van der Waals surface area contributed by atoms with Crippen LogP contribution in [0.25, 0.3) is 22.1 Å². The van der Waals surface area contributed by atoms with E-state index < -0.39 is 0 Å². The molecular formula is C20H23N7O. The molecule has 144 valence electrons. The van der Waals surface area contributed by atoms with Crippen molar-refractivity contribution >= 4 is 33.7 Å². The molecule has 0 saturated heterocycles. The number of aryl methyl sites for hydroxylation is 1. The Morgan fingerprint density at radius 3 is 2.36 bits per heavy atom. The fourth-order valence-corrected chi connectivity index (χ4v) is 3.29. The number of pyridine rings is 2. The summed E-state index contributed by atoms with van der Waals surface area (Å²) in [6.07, 6.45) is 5.12. The predicted molar refractivity (Wildman–Crippen MR) is 109 cm³/mol.